The van der Waals surface area contributed by atoms with Gasteiger partial charge in [0, 0.05) is 21.6 Å². The van der Waals surface area contributed by atoms with Crippen molar-refractivity contribution in [1.29, 1.82) is 0 Å². The minimum atomic E-state index is -0.330. The number of carbonyl (C=O) groups is 1. The number of rotatable bonds is 3. The third-order valence-electron chi connectivity index (χ3n) is 2.63. The van der Waals surface area contributed by atoms with Crippen LogP contribution in [0.2, 0.25) is 0 Å². The van der Waals surface area contributed by atoms with Gasteiger partial charge in [-0.05, 0) is 36.8 Å². The van der Waals surface area contributed by atoms with Gasteiger partial charge in [0.2, 0.25) is 0 Å². The number of aryl methyl sites for hydroxylation is 1. The maximum Gasteiger partial charge on any atom is 0.261 e. The van der Waals surface area contributed by atoms with Gasteiger partial charge in [-0.15, -0.1) is 11.3 Å². The molecule has 0 fully saturated rings. The molecule has 3 nitrogen and oxygen atoms in total. The van der Waals surface area contributed by atoms with E-state index in [-0.39, 0.29) is 18.3 Å². The van der Waals surface area contributed by atoms with Crippen molar-refractivity contribution in [2.24, 2.45) is 0 Å². The molecule has 0 spiro atoms. The van der Waals surface area contributed by atoms with Gasteiger partial charge >= 0.3 is 0 Å². The van der Waals surface area contributed by atoms with Gasteiger partial charge in [0.05, 0.1) is 4.88 Å². The highest BCUT2D eigenvalue weighted by atomic mass is 79.9. The molecule has 1 heterocycles. The van der Waals surface area contributed by atoms with Crippen LogP contribution in [-0.4, -0.2) is 5.91 Å². The van der Waals surface area contributed by atoms with Crippen LogP contribution in [0.5, 0.6) is 0 Å². The summed E-state index contributed by atoms with van der Waals surface area (Å²) in [6, 6.07) is 6.01. The predicted molar refractivity (Wildman–Crippen MR) is 78.7 cm³/mol. The zero-order valence-corrected chi connectivity index (χ0v) is 12.6. The van der Waals surface area contributed by atoms with Gasteiger partial charge in [-0.25, -0.2) is 4.39 Å². The lowest BCUT2D eigenvalue weighted by Gasteiger charge is -2.06. The van der Waals surface area contributed by atoms with E-state index < -0.39 is 0 Å². The number of amides is 1. The van der Waals surface area contributed by atoms with Gasteiger partial charge in [-0.2, -0.15) is 0 Å². The molecule has 0 bridgehead atoms. The minimum Gasteiger partial charge on any atom is -0.398 e. The molecule has 3 N–H and O–H groups in total. The first-order valence-electron chi connectivity index (χ1n) is 5.55. The summed E-state index contributed by atoms with van der Waals surface area (Å²) in [6.45, 7) is 2.12. The van der Waals surface area contributed by atoms with Crippen LogP contribution in [0, 0.1) is 12.7 Å². The van der Waals surface area contributed by atoms with E-state index in [0.717, 1.165) is 9.35 Å². The van der Waals surface area contributed by atoms with E-state index in [0.29, 0.717) is 16.1 Å². The van der Waals surface area contributed by atoms with Crippen molar-refractivity contribution in [3.63, 3.8) is 0 Å². The van der Waals surface area contributed by atoms with Crippen molar-refractivity contribution in [3.8, 4) is 0 Å². The van der Waals surface area contributed by atoms with Crippen LogP contribution >= 0.6 is 27.3 Å². The Balaban J connectivity index is 2.06. The number of nitrogen functional groups attached to an aromatic ring is 1. The van der Waals surface area contributed by atoms with E-state index >= 15 is 0 Å². The predicted octanol–water partition coefficient (Wildman–Crippen LogP) is 3.47. The number of anilines is 1. The first kappa shape index (κ1) is 14.0. The van der Waals surface area contributed by atoms with Crippen LogP contribution in [0.4, 0.5) is 10.1 Å². The molecule has 0 aliphatic rings. The molecular weight excluding hydrogens is 331 g/mol. The number of hydrogen-bond donors (Lipinski definition) is 2. The maximum absolute atomic E-state index is 13.1. The van der Waals surface area contributed by atoms with Gasteiger partial charge < -0.3 is 11.1 Å². The minimum absolute atomic E-state index is 0.207. The lowest BCUT2D eigenvalue weighted by Crippen LogP contribution is -2.22. The molecule has 0 aliphatic heterocycles. The fourth-order valence-corrected chi connectivity index (χ4v) is 2.79. The van der Waals surface area contributed by atoms with Crippen LogP contribution in [0.25, 0.3) is 0 Å². The molecule has 2 aromatic rings. The van der Waals surface area contributed by atoms with Crippen molar-refractivity contribution >= 4 is 38.9 Å². The van der Waals surface area contributed by atoms with E-state index in [2.05, 4.69) is 21.2 Å². The van der Waals surface area contributed by atoms with Crippen LogP contribution in [0.15, 0.2) is 28.7 Å². The van der Waals surface area contributed by atoms with Crippen LogP contribution in [0.3, 0.4) is 0 Å². The molecule has 0 radical (unpaired) electrons. The van der Waals surface area contributed by atoms with Crippen molar-refractivity contribution < 1.29 is 9.18 Å². The summed E-state index contributed by atoms with van der Waals surface area (Å²) < 4.78 is 13.9. The zero-order valence-electron chi connectivity index (χ0n) is 10.2. The van der Waals surface area contributed by atoms with Crippen LogP contribution in [-0.2, 0) is 6.54 Å². The lowest BCUT2D eigenvalue weighted by molar-refractivity contribution is 0.0955. The topological polar surface area (TPSA) is 55.1 Å². The molecule has 19 heavy (non-hydrogen) atoms. The first-order valence-corrected chi connectivity index (χ1v) is 7.16. The Morgan fingerprint density at radius 1 is 1.47 bits per heavy atom. The average molecular weight is 343 g/mol. The maximum atomic E-state index is 13.1. The highest BCUT2D eigenvalue weighted by Crippen LogP contribution is 2.23. The monoisotopic (exact) mass is 342 g/mol. The number of halogens is 2. The molecule has 0 unspecified atom stereocenters. The van der Waals surface area contributed by atoms with Gasteiger partial charge in [-0.1, -0.05) is 15.9 Å². The molecule has 6 heteroatoms. The number of benzene rings is 1. The lowest BCUT2D eigenvalue weighted by atomic mass is 10.2. The van der Waals surface area contributed by atoms with Crippen molar-refractivity contribution in [3.05, 3.63) is 49.9 Å². The van der Waals surface area contributed by atoms with E-state index in [1.54, 1.807) is 12.1 Å². The Labute approximate surface area is 122 Å². The summed E-state index contributed by atoms with van der Waals surface area (Å²) in [4.78, 5) is 13.4. The second-order valence-corrected chi connectivity index (χ2v) is 6.15. The van der Waals surface area contributed by atoms with Gasteiger partial charge in [0.25, 0.3) is 5.91 Å². The molecule has 1 amide bonds. The third-order valence-corrected chi connectivity index (χ3v) is 4.47. The molecule has 0 saturated heterocycles. The highest BCUT2D eigenvalue weighted by molar-refractivity contribution is 9.10. The number of hydrogen-bond acceptors (Lipinski definition) is 3. The normalized spacial score (nSPS) is 10.5. The van der Waals surface area contributed by atoms with Crippen molar-refractivity contribution in [2.45, 2.75) is 13.5 Å². The summed E-state index contributed by atoms with van der Waals surface area (Å²) in [5.41, 5.74) is 7.01. The van der Waals surface area contributed by atoms with Gasteiger partial charge in [-0.3, -0.25) is 4.79 Å². The molecule has 0 saturated carbocycles. The number of nitrogens with one attached hydrogen (secondary N) is 1. The summed E-state index contributed by atoms with van der Waals surface area (Å²) in [6.07, 6.45) is 0. The summed E-state index contributed by atoms with van der Waals surface area (Å²) in [7, 11) is 0. The van der Waals surface area contributed by atoms with Crippen LogP contribution in [0.1, 0.15) is 20.1 Å². The van der Waals surface area contributed by atoms with Gasteiger partial charge in [0.1, 0.15) is 5.82 Å². The smallest absolute Gasteiger partial charge is 0.261 e. The first-order chi connectivity index (χ1) is 8.97. The zero-order chi connectivity index (χ0) is 14.0. The number of thiophene rings is 1. The molecule has 0 aliphatic carbocycles. The summed E-state index contributed by atoms with van der Waals surface area (Å²) in [5, 5.41) is 2.74. The second kappa shape index (κ2) is 5.71. The van der Waals surface area contributed by atoms with Gasteiger partial charge in [0.15, 0.2) is 0 Å². The average Bonchev–Trinajstić information content (AvgIpc) is 2.70. The Kier molecular flexibility index (Phi) is 4.21. The van der Waals surface area contributed by atoms with E-state index in [1.165, 1.54) is 23.5 Å². The number of nitrogens with two attached hydrogens (primary N) is 1. The van der Waals surface area contributed by atoms with E-state index in [1.807, 2.05) is 6.92 Å². The molecule has 1 aromatic carbocycles. The Hall–Kier alpha value is -1.40. The fourth-order valence-electron chi connectivity index (χ4n) is 1.55. The third kappa shape index (κ3) is 3.33. The van der Waals surface area contributed by atoms with Crippen LogP contribution < -0.4 is 11.1 Å². The molecule has 1 aromatic heterocycles. The quantitative estimate of drug-likeness (QED) is 0.897. The SMILES string of the molecule is Cc1sc(C(=O)NCc2cc(F)ccc2Br)cc1N. The molecular formula is C13H12BrFN2OS. The van der Waals surface area contributed by atoms with Crippen molar-refractivity contribution in [1.82, 2.24) is 5.32 Å². The summed E-state index contributed by atoms with van der Waals surface area (Å²) >= 11 is 4.66. The fraction of sp³-hybridized carbons (Fsp3) is 0.154. The molecule has 0 atom stereocenters. The summed E-state index contributed by atoms with van der Waals surface area (Å²) in [5.74, 6) is -0.537. The Morgan fingerprint density at radius 2 is 2.21 bits per heavy atom. The molecule has 2 rings (SSSR count). The van der Waals surface area contributed by atoms with E-state index in [4.69, 9.17) is 5.73 Å². The largest absolute Gasteiger partial charge is 0.398 e. The number of carbonyl (C=O) groups excluding carboxylic acids is 1. The standard InChI is InChI=1S/C13H12BrFN2OS/c1-7-11(16)5-12(19-7)13(18)17-6-8-4-9(15)2-3-10(8)14/h2-5H,6,16H2,1H3,(H,17,18). The Bertz CT molecular complexity index is 608. The Morgan fingerprint density at radius 3 is 2.84 bits per heavy atom. The molecule has 100 valence electrons. The van der Waals surface area contributed by atoms with E-state index in [9.17, 15) is 9.18 Å². The van der Waals surface area contributed by atoms with Crippen molar-refractivity contribution in [2.75, 3.05) is 5.73 Å². The second-order valence-electron chi connectivity index (χ2n) is 4.04. The highest BCUT2D eigenvalue weighted by Gasteiger charge is 2.11.